The van der Waals surface area contributed by atoms with Gasteiger partial charge in [0.15, 0.2) is 0 Å². The topological polar surface area (TPSA) is 58.6 Å². The van der Waals surface area contributed by atoms with Gasteiger partial charge < -0.3 is 10.1 Å². The van der Waals surface area contributed by atoms with E-state index in [1.54, 1.807) is 23.9 Å². The van der Waals surface area contributed by atoms with Gasteiger partial charge in [-0.3, -0.25) is 9.69 Å². The van der Waals surface area contributed by atoms with Crippen LogP contribution in [-0.2, 0) is 4.79 Å². The predicted octanol–water partition coefficient (Wildman–Crippen LogP) is 7.05. The van der Waals surface area contributed by atoms with E-state index in [0.717, 1.165) is 41.2 Å². The van der Waals surface area contributed by atoms with Crippen LogP contribution < -0.4 is 15.0 Å². The molecule has 0 aliphatic heterocycles. The number of nitrogens with zero attached hydrogens (tertiary/aromatic N) is 1. The van der Waals surface area contributed by atoms with Crippen LogP contribution >= 0.6 is 11.8 Å². The fourth-order valence-electron chi connectivity index (χ4n) is 3.28. The van der Waals surface area contributed by atoms with E-state index >= 15 is 0 Å². The quantitative estimate of drug-likeness (QED) is 0.199. The molecule has 6 heteroatoms. The Labute approximate surface area is 196 Å². The first-order chi connectivity index (χ1) is 15.5. The zero-order chi connectivity index (χ0) is 23.2. The molecule has 0 spiro atoms. The van der Waals surface area contributed by atoms with Crippen LogP contribution in [0.25, 0.3) is 0 Å². The summed E-state index contributed by atoms with van der Waals surface area (Å²) in [7, 11) is 0. The van der Waals surface area contributed by atoms with Crippen LogP contribution in [0.3, 0.4) is 0 Å². The average molecular weight is 457 g/mol. The van der Waals surface area contributed by atoms with Gasteiger partial charge in [-0.25, -0.2) is 4.79 Å². The summed E-state index contributed by atoms with van der Waals surface area (Å²) in [5.41, 5.74) is 0.913. The van der Waals surface area contributed by atoms with Crippen molar-refractivity contribution in [3.63, 3.8) is 0 Å². The number of rotatable bonds is 13. The first-order valence-corrected chi connectivity index (χ1v) is 12.5. The molecular weight excluding hydrogens is 420 g/mol. The van der Waals surface area contributed by atoms with Gasteiger partial charge in [0.2, 0.25) is 0 Å². The Kier molecular flexibility index (Phi) is 11.7. The number of esters is 1. The lowest BCUT2D eigenvalue weighted by atomic mass is 10.1. The number of nitrogens with one attached hydrogen (secondary N) is 1. The van der Waals surface area contributed by atoms with Crippen molar-refractivity contribution in [3.8, 4) is 5.75 Å². The first kappa shape index (κ1) is 25.8. The number of benzene rings is 2. The maximum absolute atomic E-state index is 12.9. The van der Waals surface area contributed by atoms with Gasteiger partial charge in [0.05, 0.1) is 0 Å². The Morgan fingerprint density at radius 2 is 1.62 bits per heavy atom. The molecule has 0 fully saturated rings. The molecule has 2 rings (SSSR count). The SMILES string of the molecule is CCCCCCCN(C(=O)NCCCC)c1cccc(Sc2ccc(OC(C)=O)cc2)c1. The predicted molar refractivity (Wildman–Crippen MR) is 133 cm³/mol. The fourth-order valence-corrected chi connectivity index (χ4v) is 4.15. The summed E-state index contributed by atoms with van der Waals surface area (Å²) in [6, 6.07) is 15.5. The van der Waals surface area contributed by atoms with E-state index in [1.807, 2.05) is 35.2 Å². The van der Waals surface area contributed by atoms with Crippen LogP contribution in [0.2, 0.25) is 0 Å². The van der Waals surface area contributed by atoms with E-state index in [9.17, 15) is 9.59 Å². The van der Waals surface area contributed by atoms with Crippen LogP contribution in [0.15, 0.2) is 58.3 Å². The second kappa shape index (κ2) is 14.6. The molecule has 0 bridgehead atoms. The highest BCUT2D eigenvalue weighted by molar-refractivity contribution is 7.99. The maximum atomic E-state index is 12.9. The number of hydrogen-bond donors (Lipinski definition) is 1. The molecule has 2 amide bonds. The molecular formula is C26H36N2O3S. The number of carbonyl (C=O) groups is 2. The molecule has 0 saturated carbocycles. The molecule has 5 nitrogen and oxygen atoms in total. The lowest BCUT2D eigenvalue weighted by molar-refractivity contribution is -0.131. The first-order valence-electron chi connectivity index (χ1n) is 11.6. The normalized spacial score (nSPS) is 10.6. The summed E-state index contributed by atoms with van der Waals surface area (Å²) in [5.74, 6) is 0.207. The largest absolute Gasteiger partial charge is 0.427 e. The van der Waals surface area contributed by atoms with Crippen LogP contribution in [-0.4, -0.2) is 25.1 Å². The molecule has 0 aromatic heterocycles. The number of amides is 2. The second-order valence-corrected chi connectivity index (χ2v) is 8.96. The number of ether oxygens (including phenoxy) is 1. The number of urea groups is 1. The van der Waals surface area contributed by atoms with Crippen LogP contribution in [0.5, 0.6) is 5.75 Å². The summed E-state index contributed by atoms with van der Waals surface area (Å²) < 4.78 is 5.10. The lowest BCUT2D eigenvalue weighted by Gasteiger charge is -2.24. The summed E-state index contributed by atoms with van der Waals surface area (Å²) in [5, 5.41) is 3.06. The minimum Gasteiger partial charge on any atom is -0.427 e. The summed E-state index contributed by atoms with van der Waals surface area (Å²) >= 11 is 1.62. The third-order valence-electron chi connectivity index (χ3n) is 4.99. The molecule has 174 valence electrons. The van der Waals surface area contributed by atoms with E-state index in [4.69, 9.17) is 4.74 Å². The zero-order valence-electron chi connectivity index (χ0n) is 19.6. The highest BCUT2D eigenvalue weighted by Gasteiger charge is 2.15. The van der Waals surface area contributed by atoms with Crippen molar-refractivity contribution in [2.45, 2.75) is 75.5 Å². The van der Waals surface area contributed by atoms with E-state index in [1.165, 1.54) is 26.2 Å². The third kappa shape index (κ3) is 9.35. The van der Waals surface area contributed by atoms with Crippen LogP contribution in [0, 0.1) is 0 Å². The van der Waals surface area contributed by atoms with Crippen molar-refractivity contribution < 1.29 is 14.3 Å². The number of unbranched alkanes of at least 4 members (excludes halogenated alkanes) is 5. The Bertz CT molecular complexity index is 839. The van der Waals surface area contributed by atoms with E-state index < -0.39 is 0 Å². The Morgan fingerprint density at radius 3 is 2.31 bits per heavy atom. The lowest BCUT2D eigenvalue weighted by Crippen LogP contribution is -2.41. The molecule has 0 aliphatic carbocycles. The monoisotopic (exact) mass is 456 g/mol. The van der Waals surface area contributed by atoms with Gasteiger partial charge in [-0.2, -0.15) is 0 Å². The van der Waals surface area contributed by atoms with Gasteiger partial charge in [0, 0.05) is 35.5 Å². The minimum absolute atomic E-state index is 0.0261. The van der Waals surface area contributed by atoms with Crippen molar-refractivity contribution in [3.05, 3.63) is 48.5 Å². The van der Waals surface area contributed by atoms with Crippen molar-refractivity contribution >= 4 is 29.4 Å². The minimum atomic E-state index is -0.329. The van der Waals surface area contributed by atoms with Crippen molar-refractivity contribution in [2.24, 2.45) is 0 Å². The smallest absolute Gasteiger partial charge is 0.321 e. The van der Waals surface area contributed by atoms with E-state index in [0.29, 0.717) is 18.8 Å². The molecule has 0 atom stereocenters. The third-order valence-corrected chi connectivity index (χ3v) is 5.98. The molecule has 0 heterocycles. The van der Waals surface area contributed by atoms with Crippen molar-refractivity contribution in [1.29, 1.82) is 0 Å². The van der Waals surface area contributed by atoms with Crippen molar-refractivity contribution in [1.82, 2.24) is 5.32 Å². The Hall–Kier alpha value is -2.47. The Balaban J connectivity index is 2.08. The van der Waals surface area contributed by atoms with Gasteiger partial charge in [-0.05, 0) is 55.3 Å². The standard InChI is InChI=1S/C26H36N2O3S/c1-4-6-8-9-10-19-28(26(30)27-18-7-5-2)22-12-11-13-25(20-22)32-24-16-14-23(15-17-24)31-21(3)29/h11-17,20H,4-10,18-19H2,1-3H3,(H,27,30). The summed E-state index contributed by atoms with van der Waals surface area (Å²) in [4.78, 5) is 28.0. The van der Waals surface area contributed by atoms with E-state index in [-0.39, 0.29) is 12.0 Å². The molecule has 0 saturated heterocycles. The molecule has 2 aromatic carbocycles. The number of anilines is 1. The average Bonchev–Trinajstić information content (AvgIpc) is 2.77. The van der Waals surface area contributed by atoms with Gasteiger partial charge in [0.25, 0.3) is 0 Å². The van der Waals surface area contributed by atoms with Gasteiger partial charge >= 0.3 is 12.0 Å². The second-order valence-electron chi connectivity index (χ2n) is 7.82. The Morgan fingerprint density at radius 1 is 0.906 bits per heavy atom. The van der Waals surface area contributed by atoms with E-state index in [2.05, 4.69) is 25.2 Å². The summed E-state index contributed by atoms with van der Waals surface area (Å²) in [6.45, 7) is 7.14. The molecule has 0 unspecified atom stereocenters. The summed E-state index contributed by atoms with van der Waals surface area (Å²) in [6.07, 6.45) is 7.83. The van der Waals surface area contributed by atoms with Gasteiger partial charge in [-0.15, -0.1) is 0 Å². The highest BCUT2D eigenvalue weighted by atomic mass is 32.2. The van der Waals surface area contributed by atoms with Crippen molar-refractivity contribution in [2.75, 3.05) is 18.0 Å². The van der Waals surface area contributed by atoms with Crippen LogP contribution in [0.1, 0.15) is 65.7 Å². The van der Waals surface area contributed by atoms with Crippen LogP contribution in [0.4, 0.5) is 10.5 Å². The molecule has 32 heavy (non-hydrogen) atoms. The number of hydrogen-bond acceptors (Lipinski definition) is 4. The fraction of sp³-hybridized carbons (Fsp3) is 0.462. The molecule has 1 N–H and O–H groups in total. The van der Waals surface area contributed by atoms with Gasteiger partial charge in [0.1, 0.15) is 5.75 Å². The maximum Gasteiger partial charge on any atom is 0.321 e. The van der Waals surface area contributed by atoms with Gasteiger partial charge in [-0.1, -0.05) is 63.8 Å². The zero-order valence-corrected chi connectivity index (χ0v) is 20.4. The molecule has 0 aliphatic rings. The molecule has 0 radical (unpaired) electrons. The molecule has 2 aromatic rings. The number of carbonyl (C=O) groups excluding carboxylic acids is 2. The highest BCUT2D eigenvalue weighted by Crippen LogP contribution is 2.31.